The first-order valence-corrected chi connectivity index (χ1v) is 13.5. The van der Waals surface area contributed by atoms with Crippen molar-refractivity contribution >= 4 is 21.4 Å². The summed E-state index contributed by atoms with van der Waals surface area (Å²) in [6.07, 6.45) is -0.979. The molecule has 37 heavy (non-hydrogen) atoms. The number of aromatic nitrogens is 2. The summed E-state index contributed by atoms with van der Waals surface area (Å²) in [5.74, 6) is -0.429. The van der Waals surface area contributed by atoms with Gasteiger partial charge in [0.1, 0.15) is 5.69 Å². The van der Waals surface area contributed by atoms with E-state index < -0.39 is 27.6 Å². The van der Waals surface area contributed by atoms with Crippen LogP contribution in [0.15, 0.2) is 53.7 Å². The van der Waals surface area contributed by atoms with Crippen molar-refractivity contribution in [2.24, 2.45) is 5.92 Å². The quantitative estimate of drug-likeness (QED) is 0.508. The molecule has 7 nitrogen and oxygen atoms in total. The Morgan fingerprint density at radius 3 is 2.65 bits per heavy atom. The van der Waals surface area contributed by atoms with Crippen LogP contribution < -0.4 is 5.32 Å². The van der Waals surface area contributed by atoms with Crippen molar-refractivity contribution in [3.05, 3.63) is 71.2 Å². The molecule has 1 aromatic carbocycles. The molecule has 5 rings (SSSR count). The van der Waals surface area contributed by atoms with Gasteiger partial charge in [-0.2, -0.15) is 13.2 Å². The molecule has 1 aliphatic heterocycles. The number of fused-ring (bicyclic) bond motifs is 1. The second kappa shape index (κ2) is 8.91. The van der Waals surface area contributed by atoms with Crippen molar-refractivity contribution in [3.63, 3.8) is 0 Å². The van der Waals surface area contributed by atoms with Crippen LogP contribution in [-0.4, -0.2) is 43.8 Å². The van der Waals surface area contributed by atoms with Gasteiger partial charge in [0.05, 0.1) is 6.61 Å². The number of rotatable bonds is 5. The summed E-state index contributed by atoms with van der Waals surface area (Å²) in [6.45, 7) is 3.06. The Morgan fingerprint density at radius 2 is 1.95 bits per heavy atom. The molecule has 3 aromatic rings. The summed E-state index contributed by atoms with van der Waals surface area (Å²) in [6, 6.07) is 10.4. The van der Waals surface area contributed by atoms with E-state index in [0.717, 1.165) is 30.9 Å². The number of carbonyl (C=O) groups is 1. The first-order valence-electron chi connectivity index (χ1n) is 11.6. The monoisotopic (exact) mass is 531 g/mol. The molecule has 2 aliphatic rings. The van der Waals surface area contributed by atoms with Gasteiger partial charge >= 0.3 is 6.18 Å². The summed E-state index contributed by atoms with van der Waals surface area (Å²) in [7, 11) is -3.61. The smallest absolute Gasteiger partial charge is 0.381 e. The average molecular weight is 532 g/mol. The summed E-state index contributed by atoms with van der Waals surface area (Å²) >= 11 is 0. The highest BCUT2D eigenvalue weighted by Gasteiger charge is 2.58. The van der Waals surface area contributed by atoms with Crippen LogP contribution in [0.5, 0.6) is 0 Å². The summed E-state index contributed by atoms with van der Waals surface area (Å²) in [4.78, 5) is 20.5. The molecule has 3 heterocycles. The van der Waals surface area contributed by atoms with Crippen molar-refractivity contribution < 1.29 is 31.1 Å². The Kier molecular flexibility index (Phi) is 6.11. The Labute approximate surface area is 212 Å². The molecule has 2 atom stereocenters. The highest BCUT2D eigenvalue weighted by molar-refractivity contribution is 7.90. The van der Waals surface area contributed by atoms with E-state index in [1.165, 1.54) is 12.1 Å². The van der Waals surface area contributed by atoms with Gasteiger partial charge in [-0.25, -0.2) is 13.4 Å². The van der Waals surface area contributed by atoms with Gasteiger partial charge in [-0.15, -0.1) is 0 Å². The van der Waals surface area contributed by atoms with Crippen LogP contribution in [0, 0.1) is 12.8 Å². The lowest BCUT2D eigenvalue weighted by molar-refractivity contribution is -0.141. The molecule has 1 saturated carbocycles. The van der Waals surface area contributed by atoms with Gasteiger partial charge in [0.15, 0.2) is 14.9 Å². The number of aryl methyl sites for hydroxylation is 1. The Hall–Kier alpha value is -3.31. The van der Waals surface area contributed by atoms with Gasteiger partial charge in [0.25, 0.3) is 5.91 Å². The van der Waals surface area contributed by atoms with E-state index in [-0.39, 0.29) is 16.0 Å². The van der Waals surface area contributed by atoms with E-state index in [1.807, 2.05) is 13.0 Å². The van der Waals surface area contributed by atoms with Crippen LogP contribution in [0.2, 0.25) is 0 Å². The third-order valence-electron chi connectivity index (χ3n) is 7.05. The Morgan fingerprint density at radius 1 is 1.16 bits per heavy atom. The van der Waals surface area contributed by atoms with Gasteiger partial charge in [-0.3, -0.25) is 9.78 Å². The fourth-order valence-electron chi connectivity index (χ4n) is 4.87. The van der Waals surface area contributed by atoms with Gasteiger partial charge in [-0.1, -0.05) is 6.07 Å². The molecular weight excluding hydrogens is 507 g/mol. The standard InChI is InChI=1S/C26H24F3N3O4S/c1-15-3-4-19(31-24(33)16-5-7-30-22(9-16)26(27,28)29)12-20(15)17-10-21(32-23(11-17)37(2,34)35)25-6-8-36-14-18(25)13-25/h3-5,7,9-12,18H,6,8,13-14H2,1-2H3,(H,31,33). The molecule has 1 aliphatic carbocycles. The second-order valence-corrected chi connectivity index (χ2v) is 11.6. The van der Waals surface area contributed by atoms with Crippen LogP contribution >= 0.6 is 0 Å². The number of pyridine rings is 2. The van der Waals surface area contributed by atoms with Crippen molar-refractivity contribution in [1.29, 1.82) is 0 Å². The summed E-state index contributed by atoms with van der Waals surface area (Å²) in [5.41, 5.74) is 1.65. The third-order valence-corrected chi connectivity index (χ3v) is 8.02. The number of sulfone groups is 1. The fourth-order valence-corrected chi connectivity index (χ4v) is 5.48. The Balaban J connectivity index is 1.51. The van der Waals surface area contributed by atoms with Crippen molar-refractivity contribution in [2.45, 2.75) is 36.4 Å². The zero-order chi connectivity index (χ0) is 26.6. The molecule has 1 N–H and O–H groups in total. The number of ether oxygens (including phenoxy) is 1. The lowest BCUT2D eigenvalue weighted by Crippen LogP contribution is -2.23. The van der Waals surface area contributed by atoms with E-state index >= 15 is 0 Å². The molecule has 1 saturated heterocycles. The first kappa shape index (κ1) is 25.3. The van der Waals surface area contributed by atoms with Gasteiger partial charge in [0.2, 0.25) is 0 Å². The molecule has 2 unspecified atom stereocenters. The number of benzene rings is 1. The lowest BCUT2D eigenvalue weighted by Gasteiger charge is -2.23. The number of halogens is 3. The average Bonchev–Trinajstić information content (AvgIpc) is 3.60. The zero-order valence-electron chi connectivity index (χ0n) is 20.1. The van der Waals surface area contributed by atoms with E-state index in [0.29, 0.717) is 47.7 Å². The summed E-state index contributed by atoms with van der Waals surface area (Å²) in [5, 5.41) is 2.60. The van der Waals surface area contributed by atoms with Crippen molar-refractivity contribution in [1.82, 2.24) is 9.97 Å². The SMILES string of the molecule is Cc1ccc(NC(=O)c2ccnc(C(F)(F)F)c2)cc1-c1cc(C23CCOCC2C3)nc(S(C)(=O)=O)c1. The molecule has 0 bridgehead atoms. The van der Waals surface area contributed by atoms with E-state index in [4.69, 9.17) is 4.74 Å². The van der Waals surface area contributed by atoms with E-state index in [1.54, 1.807) is 18.2 Å². The highest BCUT2D eigenvalue weighted by Crippen LogP contribution is 2.58. The van der Waals surface area contributed by atoms with Gasteiger partial charge in [0, 0.05) is 41.4 Å². The maximum absolute atomic E-state index is 13.0. The normalized spacial score (nSPS) is 21.3. The molecule has 194 valence electrons. The second-order valence-electron chi connectivity index (χ2n) is 9.64. The van der Waals surface area contributed by atoms with Crippen LogP contribution in [0.1, 0.15) is 40.2 Å². The van der Waals surface area contributed by atoms with Crippen LogP contribution in [0.25, 0.3) is 11.1 Å². The van der Waals surface area contributed by atoms with Gasteiger partial charge < -0.3 is 10.1 Å². The molecular formula is C26H24F3N3O4S. The van der Waals surface area contributed by atoms with E-state index in [2.05, 4.69) is 15.3 Å². The number of amides is 1. The number of hydrogen-bond acceptors (Lipinski definition) is 6. The first-order chi connectivity index (χ1) is 17.4. The number of anilines is 1. The number of carbonyl (C=O) groups excluding carboxylic acids is 1. The fraction of sp³-hybridized carbons (Fsp3) is 0.346. The van der Waals surface area contributed by atoms with Crippen molar-refractivity contribution in [3.8, 4) is 11.1 Å². The molecule has 0 radical (unpaired) electrons. The van der Waals surface area contributed by atoms with Crippen LogP contribution in [-0.2, 0) is 26.2 Å². The molecule has 11 heteroatoms. The topological polar surface area (TPSA) is 98.2 Å². The largest absolute Gasteiger partial charge is 0.433 e. The maximum Gasteiger partial charge on any atom is 0.433 e. The van der Waals surface area contributed by atoms with Crippen molar-refractivity contribution in [2.75, 3.05) is 24.8 Å². The third kappa shape index (κ3) is 4.97. The highest BCUT2D eigenvalue weighted by atomic mass is 32.2. The minimum Gasteiger partial charge on any atom is -0.381 e. The number of nitrogens with zero attached hydrogens (tertiary/aromatic N) is 2. The molecule has 2 fully saturated rings. The zero-order valence-corrected chi connectivity index (χ0v) is 20.9. The number of hydrogen-bond donors (Lipinski definition) is 1. The number of nitrogens with one attached hydrogen (secondary N) is 1. The predicted octanol–water partition coefficient (Wildman–Crippen LogP) is 4.80. The lowest BCUT2D eigenvalue weighted by atomic mass is 9.91. The Bertz CT molecular complexity index is 1510. The maximum atomic E-state index is 13.0. The number of alkyl halides is 3. The van der Waals surface area contributed by atoms with E-state index in [9.17, 15) is 26.4 Å². The molecule has 1 amide bonds. The minimum absolute atomic E-state index is 0.0307. The molecule has 2 aromatic heterocycles. The minimum atomic E-state index is -4.67. The van der Waals surface area contributed by atoms with Gasteiger partial charge in [-0.05, 0) is 78.8 Å². The van der Waals surface area contributed by atoms with Crippen LogP contribution in [0.3, 0.4) is 0 Å². The summed E-state index contributed by atoms with van der Waals surface area (Å²) < 4.78 is 69.6. The molecule has 0 spiro atoms. The predicted molar refractivity (Wildman–Crippen MR) is 130 cm³/mol. The van der Waals surface area contributed by atoms with Crippen LogP contribution in [0.4, 0.5) is 18.9 Å².